The zero-order chi connectivity index (χ0) is 14.6. The van der Waals surface area contributed by atoms with Crippen LogP contribution in [0, 0.1) is 0 Å². The average Bonchev–Trinajstić information content (AvgIpc) is 2.52. The summed E-state index contributed by atoms with van der Waals surface area (Å²) in [5.41, 5.74) is 0.988. The van der Waals surface area contributed by atoms with Crippen LogP contribution in [0.1, 0.15) is 5.56 Å². The van der Waals surface area contributed by atoms with Gasteiger partial charge in [-0.15, -0.1) is 10.1 Å². The Hall–Kier alpha value is -2.95. The lowest BCUT2D eigenvalue weighted by Crippen LogP contribution is -1.94. The Morgan fingerprint density at radius 2 is 1.62 bits per heavy atom. The summed E-state index contributed by atoms with van der Waals surface area (Å²) >= 11 is 0. The van der Waals surface area contributed by atoms with Crippen molar-refractivity contribution in [1.82, 2.24) is 0 Å². The van der Waals surface area contributed by atoms with Gasteiger partial charge in [-0.25, -0.2) is 0 Å². The summed E-state index contributed by atoms with van der Waals surface area (Å²) in [5.74, 6) is 0.596. The van der Waals surface area contributed by atoms with E-state index in [4.69, 9.17) is 4.89 Å². The normalized spacial score (nSPS) is 24.2. The molecule has 0 bridgehead atoms. The minimum atomic E-state index is 0.596. The van der Waals surface area contributed by atoms with E-state index in [2.05, 4.69) is 20.6 Å². The highest BCUT2D eigenvalue weighted by molar-refractivity contribution is 5.71. The van der Waals surface area contributed by atoms with Crippen LogP contribution in [0.15, 0.2) is 88.5 Å². The van der Waals surface area contributed by atoms with Crippen molar-refractivity contribution in [1.29, 1.82) is 0 Å². The Balaban J connectivity index is 2.13. The first-order chi connectivity index (χ1) is 10.5. The third kappa shape index (κ3) is 5.69. The van der Waals surface area contributed by atoms with Crippen molar-refractivity contribution in [2.45, 2.75) is 6.42 Å². The van der Waals surface area contributed by atoms with Gasteiger partial charge >= 0.3 is 0 Å². The molecule has 1 aliphatic heterocycles. The SMILES string of the molecule is C1=C\C=C\C=C/C=C/Cc2ccccc2OO\N=N\N=C/1. The largest absolute Gasteiger partial charge is 0.266 e. The van der Waals surface area contributed by atoms with Gasteiger partial charge in [-0.05, 0) is 23.8 Å². The van der Waals surface area contributed by atoms with E-state index in [1.54, 1.807) is 12.1 Å². The number of benzene rings is 1. The third-order valence-corrected chi connectivity index (χ3v) is 2.51. The molecule has 1 heterocycles. The minimum absolute atomic E-state index is 0.596. The fourth-order valence-electron chi connectivity index (χ4n) is 1.56. The summed E-state index contributed by atoms with van der Waals surface area (Å²) < 4.78 is 0. The maximum atomic E-state index is 5.10. The molecule has 0 atom stereocenters. The molecule has 0 radical (unpaired) electrons. The molecular formula is C16H15N3O2. The molecule has 0 unspecified atom stereocenters. The molecule has 0 fully saturated rings. The highest BCUT2D eigenvalue weighted by atomic mass is 17.3. The molecular weight excluding hydrogens is 266 g/mol. The van der Waals surface area contributed by atoms with E-state index < -0.39 is 0 Å². The van der Waals surface area contributed by atoms with E-state index in [1.807, 2.05) is 60.7 Å². The van der Waals surface area contributed by atoms with Crippen molar-refractivity contribution in [2.24, 2.45) is 15.6 Å². The van der Waals surface area contributed by atoms with E-state index in [1.165, 1.54) is 6.21 Å². The van der Waals surface area contributed by atoms with Crippen LogP contribution < -0.4 is 4.89 Å². The summed E-state index contributed by atoms with van der Waals surface area (Å²) in [4.78, 5) is 9.75. The van der Waals surface area contributed by atoms with Gasteiger partial charge in [0.15, 0.2) is 5.75 Å². The Labute approximate surface area is 123 Å². The van der Waals surface area contributed by atoms with Gasteiger partial charge in [-0.1, -0.05) is 60.7 Å². The molecule has 106 valence electrons. The molecule has 21 heavy (non-hydrogen) atoms. The summed E-state index contributed by atoms with van der Waals surface area (Å²) in [6.07, 6.45) is 17.5. The molecule has 0 saturated heterocycles. The lowest BCUT2D eigenvalue weighted by atomic mass is 10.1. The van der Waals surface area contributed by atoms with Crippen LogP contribution in [-0.4, -0.2) is 6.21 Å². The van der Waals surface area contributed by atoms with Crippen LogP contribution in [0.5, 0.6) is 5.75 Å². The fraction of sp³-hybridized carbons (Fsp3) is 0.0625. The predicted octanol–water partition coefficient (Wildman–Crippen LogP) is 4.13. The van der Waals surface area contributed by atoms with Gasteiger partial charge in [0.2, 0.25) is 0 Å². The van der Waals surface area contributed by atoms with Crippen LogP contribution in [-0.2, 0) is 11.4 Å². The predicted molar refractivity (Wildman–Crippen MR) is 81.8 cm³/mol. The maximum Gasteiger partial charge on any atom is 0.184 e. The Bertz CT molecular complexity index is 614. The fourth-order valence-corrected chi connectivity index (χ4v) is 1.56. The lowest BCUT2D eigenvalue weighted by molar-refractivity contribution is -0.216. The monoisotopic (exact) mass is 281 g/mol. The summed E-state index contributed by atoms with van der Waals surface area (Å²) in [7, 11) is 0. The Morgan fingerprint density at radius 1 is 0.857 bits per heavy atom. The van der Waals surface area contributed by atoms with Gasteiger partial charge in [-0.3, -0.25) is 4.89 Å². The second-order valence-corrected chi connectivity index (χ2v) is 3.99. The minimum Gasteiger partial charge on any atom is -0.266 e. The highest BCUT2D eigenvalue weighted by Gasteiger charge is 2.02. The van der Waals surface area contributed by atoms with E-state index in [-0.39, 0.29) is 0 Å². The molecule has 5 heteroatoms. The van der Waals surface area contributed by atoms with E-state index in [9.17, 15) is 0 Å². The van der Waals surface area contributed by atoms with Gasteiger partial charge < -0.3 is 0 Å². The second kappa shape index (κ2) is 9.03. The van der Waals surface area contributed by atoms with Gasteiger partial charge in [0.1, 0.15) is 0 Å². The number of rotatable bonds is 0. The smallest absolute Gasteiger partial charge is 0.184 e. The third-order valence-electron chi connectivity index (χ3n) is 2.51. The van der Waals surface area contributed by atoms with Crippen molar-refractivity contribution >= 4 is 6.21 Å². The molecule has 0 spiro atoms. The summed E-state index contributed by atoms with van der Waals surface area (Å²) in [5, 5.41) is 10.4. The molecule has 5 nitrogen and oxygen atoms in total. The topological polar surface area (TPSA) is 55.5 Å². The van der Waals surface area contributed by atoms with E-state index >= 15 is 0 Å². The molecule has 0 N–H and O–H groups in total. The summed E-state index contributed by atoms with van der Waals surface area (Å²) in [6.45, 7) is 0. The van der Waals surface area contributed by atoms with Crippen molar-refractivity contribution < 1.29 is 9.88 Å². The average molecular weight is 281 g/mol. The first-order valence-electron chi connectivity index (χ1n) is 6.47. The number of para-hydroxylation sites is 1. The van der Waals surface area contributed by atoms with Gasteiger partial charge in [0.05, 0.1) is 11.5 Å². The Morgan fingerprint density at radius 3 is 2.52 bits per heavy atom. The molecule has 2 rings (SSSR count). The van der Waals surface area contributed by atoms with E-state index in [0.717, 1.165) is 12.0 Å². The molecule has 1 aromatic rings. The zero-order valence-corrected chi connectivity index (χ0v) is 11.4. The van der Waals surface area contributed by atoms with Crippen molar-refractivity contribution in [2.75, 3.05) is 0 Å². The first kappa shape index (κ1) is 14.5. The molecule has 0 aliphatic carbocycles. The molecule has 0 saturated carbocycles. The van der Waals surface area contributed by atoms with Crippen LogP contribution >= 0.6 is 0 Å². The maximum absolute atomic E-state index is 5.10. The lowest BCUT2D eigenvalue weighted by Gasteiger charge is -2.04. The molecule has 1 aromatic carbocycles. The second-order valence-electron chi connectivity index (χ2n) is 3.99. The van der Waals surface area contributed by atoms with Gasteiger partial charge in [0, 0.05) is 5.56 Å². The number of hydrogen-bond donors (Lipinski definition) is 0. The van der Waals surface area contributed by atoms with Crippen molar-refractivity contribution in [3.63, 3.8) is 0 Å². The molecule has 1 aliphatic rings. The molecule has 0 amide bonds. The highest BCUT2D eigenvalue weighted by Crippen LogP contribution is 2.19. The van der Waals surface area contributed by atoms with Crippen molar-refractivity contribution in [3.05, 3.63) is 78.4 Å². The number of hydrogen-bond acceptors (Lipinski definition) is 5. The van der Waals surface area contributed by atoms with Crippen LogP contribution in [0.2, 0.25) is 0 Å². The number of allylic oxidation sites excluding steroid dienone is 8. The van der Waals surface area contributed by atoms with Crippen LogP contribution in [0.25, 0.3) is 0 Å². The van der Waals surface area contributed by atoms with Crippen LogP contribution in [0.4, 0.5) is 0 Å². The van der Waals surface area contributed by atoms with Crippen molar-refractivity contribution in [3.8, 4) is 5.75 Å². The standard InChI is InChI=1S/C16H15N3O2/c1-2-4-6-10-14-17-18-19-21-20-16-13-9-8-12-15(16)11-7-5-3-1/h1-10,12-14H,11H2/b3-1-,4-2+,7-5+,10-6-,17-14-,19-18+. The van der Waals surface area contributed by atoms with E-state index in [0.29, 0.717) is 5.75 Å². The summed E-state index contributed by atoms with van der Waals surface area (Å²) in [6, 6.07) is 7.56. The van der Waals surface area contributed by atoms with Gasteiger partial charge in [-0.2, -0.15) is 0 Å². The molecule has 0 aromatic heterocycles. The quantitative estimate of drug-likeness (QED) is 0.671. The van der Waals surface area contributed by atoms with Crippen LogP contribution in [0.3, 0.4) is 0 Å². The first-order valence-corrected chi connectivity index (χ1v) is 6.47. The Kier molecular flexibility index (Phi) is 6.22. The zero-order valence-electron chi connectivity index (χ0n) is 11.4. The number of fused-ring (bicyclic) bond motifs is 1. The van der Waals surface area contributed by atoms with Gasteiger partial charge in [0.25, 0.3) is 0 Å². The number of nitrogens with zero attached hydrogens (tertiary/aromatic N) is 3.